The van der Waals surface area contributed by atoms with Gasteiger partial charge < -0.3 is 60.7 Å². The molecule has 0 saturated heterocycles. The van der Waals surface area contributed by atoms with Crippen molar-refractivity contribution in [1.29, 1.82) is 0 Å². The van der Waals surface area contributed by atoms with Crippen LogP contribution in [0.3, 0.4) is 0 Å². The molecule has 4 atom stereocenters. The Hall–Kier alpha value is -8.43. The maximum absolute atomic E-state index is 12.9. The molecule has 4 aromatic carbocycles. The zero-order chi connectivity index (χ0) is 62.9. The third-order valence-electron chi connectivity index (χ3n) is 13.5. The first-order valence-corrected chi connectivity index (χ1v) is 29.0. The van der Waals surface area contributed by atoms with Crippen LogP contribution in [0.2, 0.25) is 0 Å². The number of rotatable bonds is 35. The van der Waals surface area contributed by atoms with E-state index >= 15 is 0 Å². The summed E-state index contributed by atoms with van der Waals surface area (Å²) in [5.41, 5.74) is 7.79. The Morgan fingerprint density at radius 3 is 1.27 bits per heavy atom. The van der Waals surface area contributed by atoms with Gasteiger partial charge in [-0.1, -0.05) is 121 Å². The number of esters is 2. The molecule has 2 aromatic heterocycles. The molecule has 0 bridgehead atoms. The molecular formula is C61H85ClN14O12. The molecule has 27 heteroatoms. The van der Waals surface area contributed by atoms with E-state index in [9.17, 15) is 28.8 Å². The minimum Gasteiger partial charge on any atom is -0.465 e. The van der Waals surface area contributed by atoms with Crippen molar-refractivity contribution < 1.29 is 57.2 Å². The Kier molecular flexibility index (Phi) is 31.7. The van der Waals surface area contributed by atoms with Crippen LogP contribution in [0.25, 0.3) is 0 Å². The van der Waals surface area contributed by atoms with Crippen molar-refractivity contribution in [1.82, 2.24) is 67.0 Å². The summed E-state index contributed by atoms with van der Waals surface area (Å²) in [5.74, 6) is -1.17. The van der Waals surface area contributed by atoms with Crippen molar-refractivity contribution in [3.8, 4) is 0 Å². The summed E-state index contributed by atoms with van der Waals surface area (Å²) in [6.45, 7) is 12.8. The van der Waals surface area contributed by atoms with Gasteiger partial charge in [-0.3, -0.25) is 19.2 Å². The monoisotopic (exact) mass is 1240 g/mol. The lowest BCUT2D eigenvalue weighted by Gasteiger charge is -2.26. The second-order valence-corrected chi connectivity index (χ2v) is 21.3. The molecular weight excluding hydrogens is 1160 g/mol. The third-order valence-corrected chi connectivity index (χ3v) is 13.5. The van der Waals surface area contributed by atoms with Crippen LogP contribution in [0.15, 0.2) is 121 Å². The van der Waals surface area contributed by atoms with Crippen molar-refractivity contribution >= 4 is 48.3 Å². The van der Waals surface area contributed by atoms with Gasteiger partial charge in [-0.05, 0) is 117 Å². The molecule has 2 heterocycles. The standard InChI is InChI=1S/C31H43N7O6.C30H41N7O6.ClH/c1-23(25-15-9-6-10-16-25)28(39)43-19-12-11-17-33-30(41)44-20-18-38-27(35-36-37-38)26(34-29(40)31(2,3)32-4)22-42-21-24-13-7-5-8-14-24;1-22(24-14-8-5-9-15-24)27(38)42-18-11-10-16-32-29(40)43-19-17-37-26(34-35-36-37)25(33-28(39)30(2,3)31)21-41-20-23-12-6-4-7-13-23;/h5-10,13-16,23,26,32H,11-12,17-22H2,1-4H3,(H,33,41)(H,34,40);4-9,12-15,22,25H,10-11,16-21,31H2,1-3H3,(H,32,40)(H,33,39);1H/t23?,26-;22?,25-;/m11./s1. The van der Waals surface area contributed by atoms with Crippen molar-refractivity contribution in [2.45, 2.75) is 129 Å². The van der Waals surface area contributed by atoms with Crippen molar-refractivity contribution in [3.05, 3.63) is 155 Å². The fraction of sp³-hybridized carbons (Fsp3) is 0.475. The Morgan fingerprint density at radius 1 is 0.523 bits per heavy atom. The first-order chi connectivity index (χ1) is 41.9. The van der Waals surface area contributed by atoms with E-state index in [-0.39, 0.29) is 94.8 Å². The van der Waals surface area contributed by atoms with E-state index < -0.39 is 41.3 Å². The summed E-state index contributed by atoms with van der Waals surface area (Å²) in [6.07, 6.45) is 1.26. The first-order valence-electron chi connectivity index (χ1n) is 29.0. The Labute approximate surface area is 519 Å². The number of amides is 4. The van der Waals surface area contributed by atoms with Gasteiger partial charge >= 0.3 is 24.1 Å². The fourth-order valence-corrected chi connectivity index (χ4v) is 7.87. The number of unbranched alkanes of at least 4 members (excludes halogenated alkanes) is 2. The lowest BCUT2D eigenvalue weighted by molar-refractivity contribution is -0.146. The topological polar surface area (TPSA) is 331 Å². The van der Waals surface area contributed by atoms with E-state index in [0.717, 1.165) is 22.3 Å². The minimum atomic E-state index is -1.13. The summed E-state index contributed by atoms with van der Waals surface area (Å²) in [5, 5.41) is 37.8. The van der Waals surface area contributed by atoms with E-state index in [2.05, 4.69) is 57.6 Å². The largest absolute Gasteiger partial charge is 0.465 e. The van der Waals surface area contributed by atoms with Gasteiger partial charge in [0.15, 0.2) is 11.6 Å². The van der Waals surface area contributed by atoms with Crippen LogP contribution in [-0.4, -0.2) is 147 Å². The summed E-state index contributed by atoms with van der Waals surface area (Å²) in [6, 6.07) is 36.9. The normalized spacial score (nSPS) is 12.5. The summed E-state index contributed by atoms with van der Waals surface area (Å²) in [4.78, 5) is 74.3. The molecule has 4 amide bonds. The van der Waals surface area contributed by atoms with Crippen LogP contribution >= 0.6 is 12.4 Å². The molecule has 6 rings (SSSR count). The number of likely N-dealkylation sites (N-methyl/N-ethyl adjacent to an activating group) is 1. The third kappa shape index (κ3) is 25.9. The smallest absolute Gasteiger partial charge is 0.407 e. The molecule has 0 radical (unpaired) electrons. The number of aromatic nitrogens is 8. The fourth-order valence-electron chi connectivity index (χ4n) is 7.87. The van der Waals surface area contributed by atoms with Crippen molar-refractivity contribution in [2.24, 2.45) is 5.73 Å². The number of benzene rings is 4. The number of ether oxygens (including phenoxy) is 6. The number of carbonyl (C=O) groups excluding carboxylic acids is 6. The number of nitrogens with two attached hydrogens (primary N) is 1. The highest BCUT2D eigenvalue weighted by molar-refractivity contribution is 5.86. The molecule has 478 valence electrons. The lowest BCUT2D eigenvalue weighted by Crippen LogP contribution is -2.52. The van der Waals surface area contributed by atoms with Gasteiger partial charge in [0.1, 0.15) is 25.3 Å². The van der Waals surface area contributed by atoms with Gasteiger partial charge in [0, 0.05) is 13.1 Å². The molecule has 6 aromatic rings. The minimum absolute atomic E-state index is 0. The lowest BCUT2D eigenvalue weighted by atomic mass is 10.0. The Morgan fingerprint density at radius 2 is 0.898 bits per heavy atom. The van der Waals surface area contributed by atoms with Crippen molar-refractivity contribution in [2.75, 3.05) is 59.8 Å². The number of tetrazole rings is 2. The molecule has 0 aliphatic heterocycles. The summed E-state index contributed by atoms with van der Waals surface area (Å²) >= 11 is 0. The van der Waals surface area contributed by atoms with Gasteiger partial charge in [-0.25, -0.2) is 19.0 Å². The number of alkyl carbamates (subject to hydrolysis) is 2. The van der Waals surface area contributed by atoms with Crippen LogP contribution in [-0.2, 0) is 73.9 Å². The van der Waals surface area contributed by atoms with Gasteiger partial charge in [0.05, 0.1) is 75.6 Å². The average molecular weight is 1240 g/mol. The maximum atomic E-state index is 12.9. The van der Waals surface area contributed by atoms with E-state index in [1.807, 2.05) is 135 Å². The van der Waals surface area contributed by atoms with Crippen LogP contribution < -0.4 is 32.3 Å². The molecule has 26 nitrogen and oxygen atoms in total. The van der Waals surface area contributed by atoms with Crippen LogP contribution in [0.1, 0.15) is 125 Å². The molecule has 0 aliphatic carbocycles. The molecule has 88 heavy (non-hydrogen) atoms. The average Bonchev–Trinajstić information content (AvgIpc) is 4.34. The van der Waals surface area contributed by atoms with E-state index in [1.54, 1.807) is 34.7 Å². The summed E-state index contributed by atoms with van der Waals surface area (Å²) in [7, 11) is 1.70. The molecule has 0 aliphatic rings. The highest BCUT2D eigenvalue weighted by Crippen LogP contribution is 2.19. The molecule has 0 saturated carbocycles. The maximum Gasteiger partial charge on any atom is 0.407 e. The second-order valence-electron chi connectivity index (χ2n) is 21.3. The van der Waals surface area contributed by atoms with Crippen LogP contribution in [0, 0.1) is 0 Å². The number of hydrogen-bond donors (Lipinski definition) is 6. The zero-order valence-electron chi connectivity index (χ0n) is 51.1. The van der Waals surface area contributed by atoms with Crippen LogP contribution in [0.4, 0.5) is 9.59 Å². The zero-order valence-corrected chi connectivity index (χ0v) is 51.9. The SMILES string of the molecule is CC(C(=O)OCCCCNC(=O)OCCn1nnnc1[C@@H](COCc1ccccc1)NC(=O)C(C)(C)N)c1ccccc1.CNC(C)(C)C(=O)N[C@H](COCc1ccccc1)c1nnnn1CCOC(=O)NCCCCOC(=O)C(C)c1ccccc1.Cl. The molecule has 0 fully saturated rings. The van der Waals surface area contributed by atoms with Crippen molar-refractivity contribution in [3.63, 3.8) is 0 Å². The number of nitrogens with zero attached hydrogens (tertiary/aromatic N) is 8. The highest BCUT2D eigenvalue weighted by Gasteiger charge is 2.31. The summed E-state index contributed by atoms with van der Waals surface area (Å²) < 4.78 is 35.9. The predicted octanol–water partition coefficient (Wildman–Crippen LogP) is 5.96. The Balaban J connectivity index is 0.000000372. The molecule has 0 spiro atoms. The van der Waals surface area contributed by atoms with E-state index in [4.69, 9.17) is 34.2 Å². The molecule has 2 unspecified atom stereocenters. The Bertz CT molecular complexity index is 2990. The van der Waals surface area contributed by atoms with Crippen LogP contribution in [0.5, 0.6) is 0 Å². The van der Waals surface area contributed by atoms with Gasteiger partial charge in [0.25, 0.3) is 0 Å². The predicted molar refractivity (Wildman–Crippen MR) is 327 cm³/mol. The highest BCUT2D eigenvalue weighted by atomic mass is 35.5. The van der Waals surface area contributed by atoms with Gasteiger partial charge in [-0.15, -0.1) is 22.6 Å². The first kappa shape index (κ1) is 72.0. The second kappa shape index (κ2) is 38.7. The van der Waals surface area contributed by atoms with E-state index in [0.29, 0.717) is 63.6 Å². The quantitative estimate of drug-likeness (QED) is 0.0152. The number of hydrogen-bond acceptors (Lipinski definition) is 20. The van der Waals surface area contributed by atoms with Gasteiger partial charge in [-0.2, -0.15) is 0 Å². The van der Waals surface area contributed by atoms with Gasteiger partial charge in [0.2, 0.25) is 11.8 Å². The number of carbonyl (C=O) groups is 6. The number of halogens is 1. The van der Waals surface area contributed by atoms with E-state index in [1.165, 1.54) is 9.36 Å². The number of nitrogens with one attached hydrogen (secondary N) is 5. The molecule has 7 N–H and O–H groups in total.